The molecule has 24 heavy (non-hydrogen) atoms. The van der Waals surface area contributed by atoms with Crippen LogP contribution in [0, 0.1) is 24.0 Å². The molecule has 2 rings (SSSR count). The molecule has 0 spiro atoms. The van der Waals surface area contributed by atoms with Crippen molar-refractivity contribution in [2.45, 2.75) is 25.7 Å². The molecule has 0 fully saturated rings. The van der Waals surface area contributed by atoms with Crippen LogP contribution >= 0.6 is 0 Å². The van der Waals surface area contributed by atoms with Crippen LogP contribution in [0.15, 0.2) is 41.3 Å². The van der Waals surface area contributed by atoms with Gasteiger partial charge >= 0.3 is 0 Å². The van der Waals surface area contributed by atoms with E-state index in [4.69, 9.17) is 0 Å². The Morgan fingerprint density at radius 3 is 2.42 bits per heavy atom. The minimum atomic E-state index is -4.03. The Morgan fingerprint density at radius 2 is 1.83 bits per heavy atom. The van der Waals surface area contributed by atoms with Gasteiger partial charge in [-0.05, 0) is 44.0 Å². The average molecular weight is 348 g/mol. The SMILES string of the molecule is CC(=O)c1cccc(NS(=O)(=O)c2cc([N+](=O)[O-])cc(C)c2C)c1. The van der Waals surface area contributed by atoms with Crippen LogP contribution in [0.3, 0.4) is 0 Å². The molecule has 0 atom stereocenters. The first-order valence-corrected chi connectivity index (χ1v) is 8.49. The molecule has 0 aliphatic rings. The number of non-ortho nitro benzene ring substituents is 1. The summed E-state index contributed by atoms with van der Waals surface area (Å²) in [6.45, 7) is 4.57. The van der Waals surface area contributed by atoms with Gasteiger partial charge in [0, 0.05) is 23.4 Å². The van der Waals surface area contributed by atoms with Crippen molar-refractivity contribution in [2.24, 2.45) is 0 Å². The third-order valence-corrected chi connectivity index (χ3v) is 5.13. The molecular formula is C16H16N2O5S. The van der Waals surface area contributed by atoms with Crippen molar-refractivity contribution >= 4 is 27.2 Å². The predicted molar refractivity (Wildman–Crippen MR) is 89.8 cm³/mol. The van der Waals surface area contributed by atoms with Crippen molar-refractivity contribution in [2.75, 3.05) is 4.72 Å². The fraction of sp³-hybridized carbons (Fsp3) is 0.188. The number of carbonyl (C=O) groups excluding carboxylic acids is 1. The zero-order valence-electron chi connectivity index (χ0n) is 13.4. The molecule has 0 saturated heterocycles. The Balaban J connectivity index is 2.50. The first kappa shape index (κ1) is 17.6. The maximum atomic E-state index is 12.6. The second-order valence-corrected chi connectivity index (χ2v) is 7.04. The van der Waals surface area contributed by atoms with Gasteiger partial charge in [0.05, 0.1) is 9.82 Å². The van der Waals surface area contributed by atoms with Crippen LogP contribution < -0.4 is 4.72 Å². The summed E-state index contributed by atoms with van der Waals surface area (Å²) < 4.78 is 27.6. The number of nitrogens with zero attached hydrogens (tertiary/aromatic N) is 1. The number of carbonyl (C=O) groups is 1. The summed E-state index contributed by atoms with van der Waals surface area (Å²) in [7, 11) is -4.03. The highest BCUT2D eigenvalue weighted by Gasteiger charge is 2.22. The zero-order chi connectivity index (χ0) is 18.1. The lowest BCUT2D eigenvalue weighted by Crippen LogP contribution is -2.15. The number of Topliss-reactive ketones (excluding diaryl/α,β-unsaturated/α-hetero) is 1. The highest BCUT2D eigenvalue weighted by atomic mass is 32.2. The Hall–Kier alpha value is -2.74. The second-order valence-electron chi connectivity index (χ2n) is 5.39. The van der Waals surface area contributed by atoms with Crippen LogP contribution in [-0.2, 0) is 10.0 Å². The first-order valence-electron chi connectivity index (χ1n) is 7.01. The van der Waals surface area contributed by atoms with E-state index in [0.29, 0.717) is 16.7 Å². The number of anilines is 1. The lowest BCUT2D eigenvalue weighted by Gasteiger charge is -2.12. The van der Waals surface area contributed by atoms with Gasteiger partial charge in [0.25, 0.3) is 15.7 Å². The summed E-state index contributed by atoms with van der Waals surface area (Å²) in [5, 5.41) is 11.0. The van der Waals surface area contributed by atoms with Crippen LogP contribution in [0.4, 0.5) is 11.4 Å². The number of nitro groups is 1. The largest absolute Gasteiger partial charge is 0.295 e. The van der Waals surface area contributed by atoms with Crippen LogP contribution in [0.25, 0.3) is 0 Å². The summed E-state index contributed by atoms with van der Waals surface area (Å²) in [6.07, 6.45) is 0. The van der Waals surface area contributed by atoms with Crippen LogP contribution in [-0.4, -0.2) is 19.1 Å². The number of benzene rings is 2. The highest BCUT2D eigenvalue weighted by Crippen LogP contribution is 2.27. The van der Waals surface area contributed by atoms with E-state index in [2.05, 4.69) is 4.72 Å². The van der Waals surface area contributed by atoms with Gasteiger partial charge in [0.1, 0.15) is 0 Å². The van der Waals surface area contributed by atoms with E-state index in [1.165, 1.54) is 25.1 Å². The number of rotatable bonds is 5. The van der Waals surface area contributed by atoms with Crippen LogP contribution in [0.1, 0.15) is 28.4 Å². The molecule has 0 radical (unpaired) electrons. The number of nitro benzene ring substituents is 1. The maximum absolute atomic E-state index is 12.6. The number of ketones is 1. The van der Waals surface area contributed by atoms with E-state index in [-0.39, 0.29) is 22.1 Å². The molecule has 0 saturated carbocycles. The number of hydrogen-bond acceptors (Lipinski definition) is 5. The molecule has 7 nitrogen and oxygen atoms in total. The normalized spacial score (nSPS) is 11.1. The Bertz CT molecular complexity index is 935. The van der Waals surface area contributed by atoms with Crippen molar-refractivity contribution in [3.8, 4) is 0 Å². The molecule has 0 bridgehead atoms. The predicted octanol–water partition coefficient (Wildman–Crippen LogP) is 3.22. The van der Waals surface area contributed by atoms with E-state index in [1.54, 1.807) is 26.0 Å². The zero-order valence-corrected chi connectivity index (χ0v) is 14.2. The summed E-state index contributed by atoms with van der Waals surface area (Å²) in [4.78, 5) is 21.6. The molecule has 2 aromatic rings. The molecule has 0 aromatic heterocycles. The van der Waals surface area contributed by atoms with E-state index < -0.39 is 14.9 Å². The molecule has 2 aromatic carbocycles. The maximum Gasteiger partial charge on any atom is 0.271 e. The minimum absolute atomic E-state index is 0.164. The Labute approximate surface area is 139 Å². The standard InChI is InChI=1S/C16H16N2O5S/c1-10-7-15(18(20)21)9-16(11(10)2)24(22,23)17-14-6-4-5-13(8-14)12(3)19/h4-9,17H,1-3H3. The van der Waals surface area contributed by atoms with Gasteiger partial charge in [0.15, 0.2) is 5.78 Å². The van der Waals surface area contributed by atoms with Crippen molar-refractivity contribution < 1.29 is 18.1 Å². The second kappa shape index (κ2) is 6.40. The van der Waals surface area contributed by atoms with Crippen molar-refractivity contribution in [1.29, 1.82) is 0 Å². The topological polar surface area (TPSA) is 106 Å². The first-order chi connectivity index (χ1) is 11.1. The van der Waals surface area contributed by atoms with E-state index >= 15 is 0 Å². The molecule has 1 N–H and O–H groups in total. The summed E-state index contributed by atoms with van der Waals surface area (Å²) in [5.41, 5.74) is 1.21. The lowest BCUT2D eigenvalue weighted by atomic mass is 10.1. The number of aryl methyl sites for hydroxylation is 1. The molecule has 0 heterocycles. The third kappa shape index (κ3) is 3.60. The van der Waals surface area contributed by atoms with Crippen molar-refractivity contribution in [3.63, 3.8) is 0 Å². The minimum Gasteiger partial charge on any atom is -0.295 e. The highest BCUT2D eigenvalue weighted by molar-refractivity contribution is 7.92. The summed E-state index contributed by atoms with van der Waals surface area (Å²) in [6, 6.07) is 8.40. The van der Waals surface area contributed by atoms with Gasteiger partial charge in [-0.1, -0.05) is 12.1 Å². The molecule has 0 unspecified atom stereocenters. The number of hydrogen-bond donors (Lipinski definition) is 1. The number of sulfonamides is 1. The molecular weight excluding hydrogens is 332 g/mol. The number of nitrogens with one attached hydrogen (secondary N) is 1. The molecule has 8 heteroatoms. The van der Waals surface area contributed by atoms with Crippen LogP contribution in [0.5, 0.6) is 0 Å². The summed E-state index contributed by atoms with van der Waals surface area (Å²) in [5.74, 6) is -0.196. The van der Waals surface area contributed by atoms with Gasteiger partial charge in [-0.3, -0.25) is 19.6 Å². The fourth-order valence-electron chi connectivity index (χ4n) is 2.20. The fourth-order valence-corrected chi connectivity index (χ4v) is 3.59. The van der Waals surface area contributed by atoms with Gasteiger partial charge in [-0.15, -0.1) is 0 Å². The summed E-state index contributed by atoms with van der Waals surface area (Å²) >= 11 is 0. The molecule has 0 aliphatic heterocycles. The lowest BCUT2D eigenvalue weighted by molar-refractivity contribution is -0.385. The van der Waals surface area contributed by atoms with Gasteiger partial charge in [-0.25, -0.2) is 8.42 Å². The quantitative estimate of drug-likeness (QED) is 0.507. The van der Waals surface area contributed by atoms with E-state index in [9.17, 15) is 23.3 Å². The molecule has 0 aliphatic carbocycles. The molecule has 126 valence electrons. The van der Waals surface area contributed by atoms with Gasteiger partial charge in [-0.2, -0.15) is 0 Å². The Morgan fingerprint density at radius 1 is 1.17 bits per heavy atom. The van der Waals surface area contributed by atoms with Crippen molar-refractivity contribution in [1.82, 2.24) is 0 Å². The van der Waals surface area contributed by atoms with E-state index in [0.717, 1.165) is 6.07 Å². The molecule has 0 amide bonds. The van der Waals surface area contributed by atoms with Gasteiger partial charge in [0.2, 0.25) is 0 Å². The Kier molecular flexibility index (Phi) is 4.70. The third-order valence-electron chi connectivity index (χ3n) is 3.63. The average Bonchev–Trinajstić information content (AvgIpc) is 2.49. The monoisotopic (exact) mass is 348 g/mol. The van der Waals surface area contributed by atoms with Gasteiger partial charge < -0.3 is 0 Å². The van der Waals surface area contributed by atoms with Crippen molar-refractivity contribution in [3.05, 3.63) is 63.2 Å². The van der Waals surface area contributed by atoms with E-state index in [1.807, 2.05) is 0 Å². The van der Waals surface area contributed by atoms with Crippen LogP contribution in [0.2, 0.25) is 0 Å². The smallest absolute Gasteiger partial charge is 0.271 e.